The van der Waals surface area contributed by atoms with Crippen LogP contribution in [0.5, 0.6) is 0 Å². The van der Waals surface area contributed by atoms with Crippen molar-refractivity contribution in [2.75, 3.05) is 32.7 Å². The first-order valence-electron chi connectivity index (χ1n) is 9.09. The molecular formula is C18H38N2. The first-order valence-corrected chi connectivity index (χ1v) is 9.09. The van der Waals surface area contributed by atoms with Crippen LogP contribution in [0.4, 0.5) is 0 Å². The minimum absolute atomic E-state index is 0.539. The molecule has 2 heteroatoms. The van der Waals surface area contributed by atoms with Crippen LogP contribution >= 0.6 is 0 Å². The molecule has 1 aliphatic carbocycles. The third kappa shape index (κ3) is 6.13. The van der Waals surface area contributed by atoms with Gasteiger partial charge in [-0.05, 0) is 63.1 Å². The van der Waals surface area contributed by atoms with Crippen molar-refractivity contribution >= 4 is 0 Å². The Morgan fingerprint density at radius 2 is 1.80 bits per heavy atom. The van der Waals surface area contributed by atoms with Gasteiger partial charge in [-0.15, -0.1) is 0 Å². The molecule has 0 amide bonds. The first-order chi connectivity index (χ1) is 9.65. The molecule has 0 aromatic heterocycles. The number of hydrogen-bond acceptors (Lipinski definition) is 2. The summed E-state index contributed by atoms with van der Waals surface area (Å²) in [6.45, 7) is 15.6. The van der Waals surface area contributed by atoms with E-state index >= 15 is 0 Å². The van der Waals surface area contributed by atoms with E-state index in [0.717, 1.165) is 5.92 Å². The molecule has 0 saturated heterocycles. The molecule has 20 heavy (non-hydrogen) atoms. The summed E-state index contributed by atoms with van der Waals surface area (Å²) >= 11 is 0. The quantitative estimate of drug-likeness (QED) is 0.601. The van der Waals surface area contributed by atoms with E-state index in [1.54, 1.807) is 0 Å². The van der Waals surface area contributed by atoms with Crippen LogP contribution in [-0.2, 0) is 0 Å². The highest BCUT2D eigenvalue weighted by molar-refractivity contribution is 4.90. The highest BCUT2D eigenvalue weighted by Crippen LogP contribution is 2.39. The average molecular weight is 283 g/mol. The second-order valence-electron chi connectivity index (χ2n) is 7.15. The predicted molar refractivity (Wildman–Crippen MR) is 90.2 cm³/mol. The Hall–Kier alpha value is -0.0800. The summed E-state index contributed by atoms with van der Waals surface area (Å²) in [6, 6.07) is 0. The summed E-state index contributed by atoms with van der Waals surface area (Å²) in [5.41, 5.74) is 0.539. The summed E-state index contributed by atoms with van der Waals surface area (Å²) in [7, 11) is 0. The minimum Gasteiger partial charge on any atom is -0.316 e. The Morgan fingerprint density at radius 1 is 1.10 bits per heavy atom. The van der Waals surface area contributed by atoms with Crippen LogP contribution in [0.25, 0.3) is 0 Å². The number of rotatable bonds is 10. The standard InChI is InChI=1S/C18H38N2/c1-5-11-19-15-18(10-8-9-17(4)14-18)16-20(12-6-2)13-7-3/h17,19H,5-16H2,1-4H3. The van der Waals surface area contributed by atoms with Crippen molar-refractivity contribution in [2.24, 2.45) is 11.3 Å². The summed E-state index contributed by atoms with van der Waals surface area (Å²) in [4.78, 5) is 2.73. The molecule has 2 nitrogen and oxygen atoms in total. The van der Waals surface area contributed by atoms with Gasteiger partial charge < -0.3 is 10.2 Å². The monoisotopic (exact) mass is 282 g/mol. The van der Waals surface area contributed by atoms with Crippen LogP contribution in [0.1, 0.15) is 72.6 Å². The van der Waals surface area contributed by atoms with E-state index in [4.69, 9.17) is 0 Å². The second-order valence-corrected chi connectivity index (χ2v) is 7.15. The SMILES string of the molecule is CCCNCC1(CN(CCC)CCC)CCCC(C)C1. The maximum atomic E-state index is 3.73. The molecule has 2 atom stereocenters. The summed E-state index contributed by atoms with van der Waals surface area (Å²) in [5.74, 6) is 0.914. The lowest BCUT2D eigenvalue weighted by atomic mass is 9.69. The number of nitrogens with zero attached hydrogens (tertiary/aromatic N) is 1. The maximum Gasteiger partial charge on any atom is 0.00502 e. The van der Waals surface area contributed by atoms with Gasteiger partial charge in [0.2, 0.25) is 0 Å². The van der Waals surface area contributed by atoms with Crippen LogP contribution in [0.2, 0.25) is 0 Å². The summed E-state index contributed by atoms with van der Waals surface area (Å²) in [5, 5.41) is 3.73. The minimum atomic E-state index is 0.539. The molecule has 2 unspecified atom stereocenters. The predicted octanol–water partition coefficient (Wildman–Crippen LogP) is 4.30. The van der Waals surface area contributed by atoms with Crippen molar-refractivity contribution < 1.29 is 0 Å². The van der Waals surface area contributed by atoms with Gasteiger partial charge in [-0.25, -0.2) is 0 Å². The average Bonchev–Trinajstić information content (AvgIpc) is 2.39. The van der Waals surface area contributed by atoms with Crippen LogP contribution in [0.3, 0.4) is 0 Å². The summed E-state index contributed by atoms with van der Waals surface area (Å²) < 4.78 is 0. The van der Waals surface area contributed by atoms with E-state index in [2.05, 4.69) is 37.9 Å². The lowest BCUT2D eigenvalue weighted by Crippen LogP contribution is -2.47. The summed E-state index contributed by atoms with van der Waals surface area (Å²) in [6.07, 6.45) is 9.55. The third-order valence-electron chi connectivity index (χ3n) is 4.75. The van der Waals surface area contributed by atoms with Gasteiger partial charge in [0.05, 0.1) is 0 Å². The van der Waals surface area contributed by atoms with Crippen LogP contribution in [-0.4, -0.2) is 37.6 Å². The molecule has 0 radical (unpaired) electrons. The molecule has 1 rings (SSSR count). The molecular weight excluding hydrogens is 244 g/mol. The molecule has 1 fully saturated rings. The van der Waals surface area contributed by atoms with Crippen molar-refractivity contribution in [3.05, 3.63) is 0 Å². The molecule has 1 saturated carbocycles. The normalized spacial score (nSPS) is 27.1. The second kappa shape index (κ2) is 9.78. The number of nitrogens with one attached hydrogen (secondary N) is 1. The van der Waals surface area contributed by atoms with E-state index in [9.17, 15) is 0 Å². The molecule has 0 bridgehead atoms. The largest absolute Gasteiger partial charge is 0.316 e. The zero-order valence-electron chi connectivity index (χ0n) is 14.5. The molecule has 0 aromatic rings. The smallest absolute Gasteiger partial charge is 0.00502 e. The van der Waals surface area contributed by atoms with Crippen molar-refractivity contribution in [2.45, 2.75) is 72.6 Å². The highest BCUT2D eigenvalue weighted by atomic mass is 15.1. The Bertz CT molecular complexity index is 236. The maximum absolute atomic E-state index is 3.73. The Balaban J connectivity index is 2.64. The van der Waals surface area contributed by atoms with E-state index in [1.165, 1.54) is 77.7 Å². The topological polar surface area (TPSA) is 15.3 Å². The molecule has 120 valence electrons. The molecule has 0 spiro atoms. The fourth-order valence-corrected chi connectivity index (χ4v) is 4.04. The Morgan fingerprint density at radius 3 is 2.35 bits per heavy atom. The van der Waals surface area contributed by atoms with Crippen LogP contribution in [0.15, 0.2) is 0 Å². The van der Waals surface area contributed by atoms with Crippen molar-refractivity contribution in [3.63, 3.8) is 0 Å². The van der Waals surface area contributed by atoms with Crippen molar-refractivity contribution in [1.29, 1.82) is 0 Å². The van der Waals surface area contributed by atoms with E-state index in [0.29, 0.717) is 5.41 Å². The van der Waals surface area contributed by atoms with Gasteiger partial charge in [0.1, 0.15) is 0 Å². The Kier molecular flexibility index (Phi) is 8.79. The van der Waals surface area contributed by atoms with Crippen LogP contribution < -0.4 is 5.32 Å². The highest BCUT2D eigenvalue weighted by Gasteiger charge is 2.35. The van der Waals surface area contributed by atoms with Gasteiger partial charge in [-0.2, -0.15) is 0 Å². The zero-order chi connectivity index (χ0) is 14.8. The lowest BCUT2D eigenvalue weighted by Gasteiger charge is -2.43. The number of hydrogen-bond donors (Lipinski definition) is 1. The van der Waals surface area contributed by atoms with Gasteiger partial charge in [0.25, 0.3) is 0 Å². The van der Waals surface area contributed by atoms with Crippen molar-refractivity contribution in [1.82, 2.24) is 10.2 Å². The lowest BCUT2D eigenvalue weighted by molar-refractivity contribution is 0.0798. The van der Waals surface area contributed by atoms with Gasteiger partial charge in [-0.3, -0.25) is 0 Å². The Labute approximate surface area is 127 Å². The fourth-order valence-electron chi connectivity index (χ4n) is 4.04. The van der Waals surface area contributed by atoms with Crippen LogP contribution in [0, 0.1) is 11.3 Å². The van der Waals surface area contributed by atoms with Gasteiger partial charge in [0, 0.05) is 13.1 Å². The van der Waals surface area contributed by atoms with Gasteiger partial charge >= 0.3 is 0 Å². The molecule has 0 heterocycles. The van der Waals surface area contributed by atoms with E-state index < -0.39 is 0 Å². The molecule has 0 aliphatic heterocycles. The molecule has 0 aromatic carbocycles. The third-order valence-corrected chi connectivity index (χ3v) is 4.75. The van der Waals surface area contributed by atoms with Gasteiger partial charge in [0.15, 0.2) is 0 Å². The fraction of sp³-hybridized carbons (Fsp3) is 1.00. The van der Waals surface area contributed by atoms with E-state index in [-0.39, 0.29) is 0 Å². The molecule has 1 N–H and O–H groups in total. The van der Waals surface area contributed by atoms with Crippen molar-refractivity contribution in [3.8, 4) is 0 Å². The molecule has 1 aliphatic rings. The van der Waals surface area contributed by atoms with E-state index in [1.807, 2.05) is 0 Å². The van der Waals surface area contributed by atoms with Gasteiger partial charge in [-0.1, -0.05) is 40.5 Å². The first kappa shape index (κ1) is 18.0. The zero-order valence-corrected chi connectivity index (χ0v) is 14.5.